The zero-order valence-corrected chi connectivity index (χ0v) is 15.9. The van der Waals surface area contributed by atoms with Gasteiger partial charge in [-0.25, -0.2) is 0 Å². The third-order valence-corrected chi connectivity index (χ3v) is 5.96. The number of amides is 3. The van der Waals surface area contributed by atoms with Crippen molar-refractivity contribution in [2.45, 2.75) is 58.9 Å². The Bertz CT molecular complexity index is 728. The summed E-state index contributed by atoms with van der Waals surface area (Å²) in [5.41, 5.74) is 1.90. The SMILES string of the molecule is Cc1ccc2c(c1)C(=O)N(CCCC(=O)N[C@@H]1CCC[C@@H](C)[C@@H]1C)C2=O. The summed E-state index contributed by atoms with van der Waals surface area (Å²) in [6.07, 6.45) is 4.25. The van der Waals surface area contributed by atoms with Crippen molar-refractivity contribution >= 4 is 17.7 Å². The molecule has 1 aliphatic heterocycles. The molecule has 5 nitrogen and oxygen atoms in total. The van der Waals surface area contributed by atoms with Gasteiger partial charge in [-0.2, -0.15) is 0 Å². The van der Waals surface area contributed by atoms with E-state index < -0.39 is 0 Å². The highest BCUT2D eigenvalue weighted by atomic mass is 16.2. The summed E-state index contributed by atoms with van der Waals surface area (Å²) in [5.74, 6) is 0.649. The lowest BCUT2D eigenvalue weighted by Crippen LogP contribution is -2.43. The van der Waals surface area contributed by atoms with Crippen LogP contribution < -0.4 is 5.32 Å². The van der Waals surface area contributed by atoms with Gasteiger partial charge in [-0.3, -0.25) is 19.3 Å². The number of carbonyl (C=O) groups is 3. The summed E-state index contributed by atoms with van der Waals surface area (Å²) in [5, 5.41) is 3.14. The van der Waals surface area contributed by atoms with Gasteiger partial charge >= 0.3 is 0 Å². The number of aryl methyl sites for hydroxylation is 1. The van der Waals surface area contributed by atoms with Crippen molar-refractivity contribution in [1.82, 2.24) is 10.2 Å². The Morgan fingerprint density at radius 2 is 1.88 bits per heavy atom. The Morgan fingerprint density at radius 3 is 2.65 bits per heavy atom. The molecule has 0 saturated heterocycles. The molecule has 3 rings (SSSR count). The van der Waals surface area contributed by atoms with Crippen LogP contribution in [0.25, 0.3) is 0 Å². The molecule has 1 aliphatic carbocycles. The molecule has 26 heavy (non-hydrogen) atoms. The predicted molar refractivity (Wildman–Crippen MR) is 99.9 cm³/mol. The summed E-state index contributed by atoms with van der Waals surface area (Å²) >= 11 is 0. The number of fused-ring (bicyclic) bond motifs is 1. The van der Waals surface area contributed by atoms with Crippen LogP contribution in [0.1, 0.15) is 72.2 Å². The topological polar surface area (TPSA) is 66.5 Å². The van der Waals surface area contributed by atoms with E-state index in [1.54, 1.807) is 12.1 Å². The van der Waals surface area contributed by atoms with Crippen molar-refractivity contribution in [2.24, 2.45) is 11.8 Å². The molecule has 5 heteroatoms. The van der Waals surface area contributed by atoms with Crippen LogP contribution in [0.15, 0.2) is 18.2 Å². The molecule has 0 unspecified atom stereocenters. The van der Waals surface area contributed by atoms with Gasteiger partial charge < -0.3 is 5.32 Å². The maximum Gasteiger partial charge on any atom is 0.261 e. The molecule has 0 spiro atoms. The van der Waals surface area contributed by atoms with Crippen LogP contribution in [0, 0.1) is 18.8 Å². The third-order valence-electron chi connectivity index (χ3n) is 5.96. The number of benzene rings is 1. The molecule has 2 aliphatic rings. The highest BCUT2D eigenvalue weighted by Gasteiger charge is 2.35. The summed E-state index contributed by atoms with van der Waals surface area (Å²) in [4.78, 5) is 38.4. The van der Waals surface area contributed by atoms with Crippen molar-refractivity contribution in [3.8, 4) is 0 Å². The minimum atomic E-state index is -0.250. The van der Waals surface area contributed by atoms with Gasteiger partial charge in [-0.1, -0.05) is 38.3 Å². The van der Waals surface area contributed by atoms with Crippen LogP contribution in [0.5, 0.6) is 0 Å². The number of imide groups is 1. The van der Waals surface area contributed by atoms with E-state index in [0.29, 0.717) is 35.8 Å². The number of nitrogens with zero attached hydrogens (tertiary/aromatic N) is 1. The molecule has 3 amide bonds. The fourth-order valence-electron chi connectivity index (χ4n) is 4.07. The molecule has 1 saturated carbocycles. The van der Waals surface area contributed by atoms with Crippen molar-refractivity contribution in [1.29, 1.82) is 0 Å². The van der Waals surface area contributed by atoms with Crippen molar-refractivity contribution in [3.63, 3.8) is 0 Å². The van der Waals surface area contributed by atoms with E-state index >= 15 is 0 Å². The molecule has 0 aromatic heterocycles. The summed E-state index contributed by atoms with van der Waals surface area (Å²) in [7, 11) is 0. The smallest absolute Gasteiger partial charge is 0.261 e. The molecule has 3 atom stereocenters. The number of hydrogen-bond acceptors (Lipinski definition) is 3. The first kappa shape index (κ1) is 18.6. The van der Waals surface area contributed by atoms with Gasteiger partial charge in [0.2, 0.25) is 5.91 Å². The van der Waals surface area contributed by atoms with Gasteiger partial charge in [0.1, 0.15) is 0 Å². The molecule has 1 fully saturated rings. The minimum Gasteiger partial charge on any atom is -0.353 e. The first-order chi connectivity index (χ1) is 12.4. The molecule has 0 bridgehead atoms. The van der Waals surface area contributed by atoms with E-state index in [1.165, 1.54) is 11.3 Å². The predicted octanol–water partition coefficient (Wildman–Crippen LogP) is 3.31. The Morgan fingerprint density at radius 1 is 1.15 bits per heavy atom. The fourth-order valence-corrected chi connectivity index (χ4v) is 4.07. The number of nitrogens with one attached hydrogen (secondary N) is 1. The van der Waals surface area contributed by atoms with Gasteiger partial charge in [0.15, 0.2) is 0 Å². The van der Waals surface area contributed by atoms with Crippen molar-refractivity contribution in [2.75, 3.05) is 6.54 Å². The lowest BCUT2D eigenvalue weighted by atomic mass is 9.78. The molecule has 1 aromatic rings. The Balaban J connectivity index is 1.50. The number of rotatable bonds is 5. The number of hydrogen-bond donors (Lipinski definition) is 1. The second kappa shape index (κ2) is 7.60. The first-order valence-electron chi connectivity index (χ1n) is 9.64. The first-order valence-corrected chi connectivity index (χ1v) is 9.64. The highest BCUT2D eigenvalue weighted by molar-refractivity contribution is 6.21. The van der Waals surface area contributed by atoms with Gasteiger partial charge in [-0.05, 0) is 43.7 Å². The van der Waals surface area contributed by atoms with Crippen LogP contribution in [-0.4, -0.2) is 35.2 Å². The Labute approximate surface area is 155 Å². The van der Waals surface area contributed by atoms with Crippen LogP contribution in [0.3, 0.4) is 0 Å². The summed E-state index contributed by atoms with van der Waals surface area (Å²) in [6.45, 7) is 6.64. The van der Waals surface area contributed by atoms with E-state index in [4.69, 9.17) is 0 Å². The third kappa shape index (κ3) is 3.67. The quantitative estimate of drug-likeness (QED) is 0.823. The van der Waals surface area contributed by atoms with Crippen molar-refractivity contribution in [3.05, 3.63) is 34.9 Å². The molecule has 1 N–H and O–H groups in total. The van der Waals surface area contributed by atoms with E-state index in [1.807, 2.05) is 13.0 Å². The van der Waals surface area contributed by atoms with E-state index in [9.17, 15) is 14.4 Å². The molecule has 140 valence electrons. The Hall–Kier alpha value is -2.17. The van der Waals surface area contributed by atoms with Gasteiger partial charge in [-0.15, -0.1) is 0 Å². The van der Waals surface area contributed by atoms with Gasteiger partial charge in [0, 0.05) is 19.0 Å². The highest BCUT2D eigenvalue weighted by Crippen LogP contribution is 2.29. The summed E-state index contributed by atoms with van der Waals surface area (Å²) in [6, 6.07) is 5.55. The summed E-state index contributed by atoms with van der Waals surface area (Å²) < 4.78 is 0. The lowest BCUT2D eigenvalue weighted by Gasteiger charge is -2.34. The van der Waals surface area contributed by atoms with Crippen LogP contribution in [0.2, 0.25) is 0 Å². The molecule has 1 heterocycles. The Kier molecular flexibility index (Phi) is 5.44. The molecule has 0 radical (unpaired) electrons. The van der Waals surface area contributed by atoms with E-state index in [0.717, 1.165) is 18.4 Å². The minimum absolute atomic E-state index is 0.0170. The normalized spacial score (nSPS) is 25.3. The maximum atomic E-state index is 12.4. The largest absolute Gasteiger partial charge is 0.353 e. The van der Waals surface area contributed by atoms with Crippen molar-refractivity contribution < 1.29 is 14.4 Å². The average Bonchev–Trinajstić information content (AvgIpc) is 2.83. The lowest BCUT2D eigenvalue weighted by molar-refractivity contribution is -0.122. The van der Waals surface area contributed by atoms with Crippen LogP contribution >= 0.6 is 0 Å². The van der Waals surface area contributed by atoms with Gasteiger partial charge in [0.05, 0.1) is 11.1 Å². The van der Waals surface area contributed by atoms with Crippen LogP contribution in [-0.2, 0) is 4.79 Å². The van der Waals surface area contributed by atoms with E-state index in [2.05, 4.69) is 19.2 Å². The fraction of sp³-hybridized carbons (Fsp3) is 0.571. The zero-order valence-electron chi connectivity index (χ0n) is 15.9. The molecular weight excluding hydrogens is 328 g/mol. The zero-order chi connectivity index (χ0) is 18.8. The maximum absolute atomic E-state index is 12.4. The molecule has 1 aromatic carbocycles. The van der Waals surface area contributed by atoms with Crippen LogP contribution in [0.4, 0.5) is 0 Å². The van der Waals surface area contributed by atoms with E-state index in [-0.39, 0.29) is 30.3 Å². The molecular formula is C21H28N2O3. The second-order valence-corrected chi connectivity index (χ2v) is 7.86. The number of carbonyl (C=O) groups excluding carboxylic acids is 3. The second-order valence-electron chi connectivity index (χ2n) is 7.86. The monoisotopic (exact) mass is 356 g/mol. The average molecular weight is 356 g/mol. The standard InChI is InChI=1S/C21H28N2O3/c1-13-9-10-16-17(12-13)21(26)23(20(16)25)11-5-8-19(24)22-18-7-4-6-14(2)15(18)3/h9-10,12,14-15,18H,4-8,11H2,1-3H3,(H,22,24)/t14-,15+,18-/m1/s1. The van der Waals surface area contributed by atoms with Gasteiger partial charge in [0.25, 0.3) is 11.8 Å².